The lowest BCUT2D eigenvalue weighted by Gasteiger charge is -2.55. The average molecular weight is 447 g/mol. The Bertz CT molecular complexity index is 907. The molecule has 4 aliphatic rings. The van der Waals surface area contributed by atoms with E-state index in [1.54, 1.807) is 12.1 Å². The zero-order valence-electron chi connectivity index (χ0n) is 16.9. The summed E-state index contributed by atoms with van der Waals surface area (Å²) in [5, 5.41) is 15.6. The first kappa shape index (κ1) is 20.2. The molecule has 0 radical (unpaired) electrons. The van der Waals surface area contributed by atoms with Crippen LogP contribution in [0.5, 0.6) is 0 Å². The molecule has 4 unspecified atom stereocenters. The predicted molar refractivity (Wildman–Crippen MR) is 123 cm³/mol. The summed E-state index contributed by atoms with van der Waals surface area (Å²) in [5.41, 5.74) is 1.89. The van der Waals surface area contributed by atoms with Gasteiger partial charge >= 0.3 is 0 Å². The normalized spacial score (nSPS) is 30.7. The van der Waals surface area contributed by atoms with Crippen molar-refractivity contribution in [2.24, 2.45) is 11.8 Å². The van der Waals surface area contributed by atoms with E-state index in [1.807, 2.05) is 0 Å². The number of piperidine rings is 3. The second-order valence-electron chi connectivity index (χ2n) is 9.05. The number of nitro groups is 1. The van der Waals surface area contributed by atoms with Crippen LogP contribution in [0.25, 0.3) is 0 Å². The molecule has 1 aliphatic carbocycles. The first-order valence-corrected chi connectivity index (χ1v) is 11.8. The van der Waals surface area contributed by atoms with Gasteiger partial charge in [0.2, 0.25) is 0 Å². The molecule has 30 heavy (non-hydrogen) atoms. The molecule has 3 heterocycles. The summed E-state index contributed by atoms with van der Waals surface area (Å²) in [6, 6.07) is 5.70. The van der Waals surface area contributed by atoms with Crippen LogP contribution in [0.1, 0.15) is 38.5 Å². The molecule has 8 heteroatoms. The van der Waals surface area contributed by atoms with E-state index in [-0.39, 0.29) is 5.69 Å². The third-order valence-corrected chi connectivity index (χ3v) is 7.89. The van der Waals surface area contributed by atoms with Crippen molar-refractivity contribution < 1.29 is 4.92 Å². The molecule has 3 saturated heterocycles. The number of thiocarbonyl (C=S) groups is 1. The van der Waals surface area contributed by atoms with E-state index in [0.29, 0.717) is 33.7 Å². The smallest absolute Gasteiger partial charge is 0.294 e. The van der Waals surface area contributed by atoms with Crippen LogP contribution in [-0.2, 0) is 0 Å². The number of hydrogen-bond donors (Lipinski definition) is 1. The van der Waals surface area contributed by atoms with Gasteiger partial charge in [0.1, 0.15) is 5.69 Å². The van der Waals surface area contributed by atoms with Crippen LogP contribution in [0.3, 0.4) is 0 Å². The number of nitrogens with zero attached hydrogens (tertiary/aromatic N) is 3. The molecule has 3 aliphatic heterocycles. The van der Waals surface area contributed by atoms with Crippen molar-refractivity contribution in [1.82, 2.24) is 9.80 Å². The number of nitro benzene ring substituents is 1. The van der Waals surface area contributed by atoms with E-state index >= 15 is 0 Å². The standard InChI is InChI=1S/C22H27ClN4O2S/c23-17-6-7-18(20(12-17)27(28)29)24-22(30)26-9-3-4-14-10-15-11-16(21(14)26)13-25-8-2-1-5-19(15)25/h6-7,10,12,15-16,19,21H,1-5,8-9,11,13H2,(H,24,30). The molecule has 1 aromatic carbocycles. The molecule has 1 N–H and O–H groups in total. The number of benzene rings is 1. The molecule has 0 saturated carbocycles. The number of nitrogens with one attached hydrogen (secondary N) is 1. The van der Waals surface area contributed by atoms with Gasteiger partial charge in [-0.05, 0) is 74.8 Å². The van der Waals surface area contributed by atoms with Crippen LogP contribution in [-0.4, -0.2) is 51.6 Å². The van der Waals surface area contributed by atoms with Crippen LogP contribution in [0.15, 0.2) is 29.8 Å². The molecular weight excluding hydrogens is 420 g/mol. The molecule has 160 valence electrons. The quantitative estimate of drug-likeness (QED) is 0.303. The first-order chi connectivity index (χ1) is 14.5. The molecule has 0 spiro atoms. The molecule has 0 aromatic heterocycles. The summed E-state index contributed by atoms with van der Waals surface area (Å²) in [5.74, 6) is 1.25. The number of likely N-dealkylation sites (tertiary alicyclic amines) is 1. The van der Waals surface area contributed by atoms with E-state index in [2.05, 4.69) is 21.2 Å². The minimum absolute atomic E-state index is 0.0461. The zero-order valence-corrected chi connectivity index (χ0v) is 18.5. The lowest BCUT2D eigenvalue weighted by atomic mass is 9.68. The van der Waals surface area contributed by atoms with Crippen LogP contribution in [0.2, 0.25) is 5.02 Å². The number of hydrogen-bond acceptors (Lipinski definition) is 4. The van der Waals surface area contributed by atoms with Gasteiger partial charge in [0, 0.05) is 30.2 Å². The molecule has 0 amide bonds. The fraction of sp³-hybridized carbons (Fsp3) is 0.591. The monoisotopic (exact) mass is 446 g/mol. The Morgan fingerprint density at radius 3 is 2.97 bits per heavy atom. The number of fused-ring (bicyclic) bond motifs is 6. The first-order valence-electron chi connectivity index (χ1n) is 11.0. The van der Waals surface area contributed by atoms with Crippen LogP contribution in [0.4, 0.5) is 11.4 Å². The molecule has 4 atom stereocenters. The van der Waals surface area contributed by atoms with Gasteiger partial charge in [0.05, 0.1) is 11.0 Å². The number of anilines is 1. The third kappa shape index (κ3) is 3.61. The second-order valence-corrected chi connectivity index (χ2v) is 9.87. The maximum atomic E-state index is 11.5. The fourth-order valence-corrected chi connectivity index (χ4v) is 6.63. The van der Waals surface area contributed by atoms with Gasteiger partial charge in [-0.15, -0.1) is 0 Å². The van der Waals surface area contributed by atoms with Crippen molar-refractivity contribution in [1.29, 1.82) is 0 Å². The summed E-state index contributed by atoms with van der Waals surface area (Å²) in [7, 11) is 0. The highest BCUT2D eigenvalue weighted by atomic mass is 35.5. The van der Waals surface area contributed by atoms with E-state index in [4.69, 9.17) is 23.8 Å². The molecule has 3 fully saturated rings. The second kappa shape index (κ2) is 8.09. The number of rotatable bonds is 2. The molecule has 1 aromatic rings. The molecule has 5 rings (SSSR count). The Balaban J connectivity index is 1.40. The number of halogens is 1. The van der Waals surface area contributed by atoms with Crippen molar-refractivity contribution in [3.05, 3.63) is 45.0 Å². The minimum Gasteiger partial charge on any atom is -0.342 e. The summed E-state index contributed by atoms with van der Waals surface area (Å²) in [6.07, 6.45) is 10.00. The topological polar surface area (TPSA) is 61.7 Å². The lowest BCUT2D eigenvalue weighted by molar-refractivity contribution is -0.383. The largest absolute Gasteiger partial charge is 0.342 e. The van der Waals surface area contributed by atoms with Gasteiger partial charge in [-0.3, -0.25) is 15.0 Å². The van der Waals surface area contributed by atoms with Gasteiger partial charge < -0.3 is 10.2 Å². The van der Waals surface area contributed by atoms with Crippen molar-refractivity contribution in [2.45, 2.75) is 50.6 Å². The summed E-state index contributed by atoms with van der Waals surface area (Å²) in [4.78, 5) is 16.1. The summed E-state index contributed by atoms with van der Waals surface area (Å²) < 4.78 is 0. The highest BCUT2D eigenvalue weighted by molar-refractivity contribution is 7.80. The van der Waals surface area contributed by atoms with E-state index in [9.17, 15) is 10.1 Å². The zero-order chi connectivity index (χ0) is 20.8. The Morgan fingerprint density at radius 2 is 2.13 bits per heavy atom. The predicted octanol–water partition coefficient (Wildman–Crippen LogP) is 4.84. The fourth-order valence-electron chi connectivity index (χ4n) is 6.15. The van der Waals surface area contributed by atoms with E-state index in [1.165, 1.54) is 43.9 Å². The van der Waals surface area contributed by atoms with Crippen molar-refractivity contribution in [2.75, 3.05) is 25.0 Å². The van der Waals surface area contributed by atoms with Crippen molar-refractivity contribution in [3.63, 3.8) is 0 Å². The van der Waals surface area contributed by atoms with Crippen LogP contribution < -0.4 is 5.32 Å². The molecular formula is C22H27ClN4O2S. The Morgan fingerprint density at radius 1 is 1.27 bits per heavy atom. The van der Waals surface area contributed by atoms with Crippen molar-refractivity contribution >= 4 is 40.3 Å². The van der Waals surface area contributed by atoms with Crippen LogP contribution >= 0.6 is 23.8 Å². The van der Waals surface area contributed by atoms with E-state index in [0.717, 1.165) is 32.0 Å². The van der Waals surface area contributed by atoms with Gasteiger partial charge in [0.15, 0.2) is 5.11 Å². The highest BCUT2D eigenvalue weighted by Crippen LogP contribution is 2.45. The average Bonchev–Trinajstić information content (AvgIpc) is 2.74. The van der Waals surface area contributed by atoms with Gasteiger partial charge in [-0.25, -0.2) is 0 Å². The molecule has 6 nitrogen and oxygen atoms in total. The summed E-state index contributed by atoms with van der Waals surface area (Å²) >= 11 is 11.7. The van der Waals surface area contributed by atoms with Crippen LogP contribution in [0, 0.1) is 22.0 Å². The third-order valence-electron chi connectivity index (χ3n) is 7.32. The maximum Gasteiger partial charge on any atom is 0.294 e. The lowest BCUT2D eigenvalue weighted by Crippen LogP contribution is -2.60. The van der Waals surface area contributed by atoms with Crippen molar-refractivity contribution in [3.8, 4) is 0 Å². The van der Waals surface area contributed by atoms with Gasteiger partial charge in [0.25, 0.3) is 5.69 Å². The molecule has 2 bridgehead atoms. The van der Waals surface area contributed by atoms with Gasteiger partial charge in [-0.2, -0.15) is 0 Å². The SMILES string of the molecule is O=[N+]([O-])c1cc(Cl)ccc1NC(=S)N1CCCC2=CC3CC(CN4CCCCC34)C21. The minimum atomic E-state index is -0.415. The highest BCUT2D eigenvalue weighted by Gasteiger charge is 2.46. The van der Waals surface area contributed by atoms with E-state index < -0.39 is 4.92 Å². The maximum absolute atomic E-state index is 11.5. The Labute approximate surface area is 187 Å². The summed E-state index contributed by atoms with van der Waals surface area (Å²) in [6.45, 7) is 3.25. The Hall–Kier alpha value is -1.70. The Kier molecular flexibility index (Phi) is 5.45. The van der Waals surface area contributed by atoms with Gasteiger partial charge in [-0.1, -0.05) is 29.7 Å².